The Kier molecular flexibility index (Phi) is 5.97. The molecule has 2 heterocycles. The highest BCUT2D eigenvalue weighted by molar-refractivity contribution is 5.79. The number of rotatable bonds is 5. The summed E-state index contributed by atoms with van der Waals surface area (Å²) in [5.41, 5.74) is 1.93. The summed E-state index contributed by atoms with van der Waals surface area (Å²) >= 11 is 0. The summed E-state index contributed by atoms with van der Waals surface area (Å²) in [6, 6.07) is 16.2. The third-order valence-corrected chi connectivity index (χ3v) is 5.32. The van der Waals surface area contributed by atoms with Crippen molar-refractivity contribution in [3.05, 3.63) is 77.9 Å². The van der Waals surface area contributed by atoms with Crippen LogP contribution in [0.4, 0.5) is 14.6 Å². The predicted molar refractivity (Wildman–Crippen MR) is 111 cm³/mol. The molecule has 1 amide bonds. The third kappa shape index (κ3) is 4.62. The molecule has 1 fully saturated rings. The lowest BCUT2D eigenvalue weighted by Gasteiger charge is -2.32. The van der Waals surface area contributed by atoms with Gasteiger partial charge in [0.25, 0.3) is 0 Å². The van der Waals surface area contributed by atoms with Crippen molar-refractivity contribution in [1.29, 1.82) is 0 Å². The van der Waals surface area contributed by atoms with Crippen LogP contribution in [0.3, 0.4) is 0 Å². The number of carbonyl (C=O) groups is 1. The molecule has 1 aliphatic heterocycles. The van der Waals surface area contributed by atoms with Crippen LogP contribution in [-0.4, -0.2) is 29.2 Å². The first-order valence-corrected chi connectivity index (χ1v) is 9.96. The van der Waals surface area contributed by atoms with Gasteiger partial charge in [0, 0.05) is 30.8 Å². The second-order valence-corrected chi connectivity index (χ2v) is 7.38. The first-order chi connectivity index (χ1) is 14.6. The molecule has 0 bridgehead atoms. The van der Waals surface area contributed by atoms with E-state index in [0.29, 0.717) is 23.6 Å². The van der Waals surface area contributed by atoms with Crippen molar-refractivity contribution in [1.82, 2.24) is 15.5 Å². The van der Waals surface area contributed by atoms with Gasteiger partial charge in [-0.1, -0.05) is 18.2 Å². The fraction of sp³-hybridized carbons (Fsp3) is 0.261. The number of carbonyl (C=O) groups excluding carboxylic acids is 1. The molecule has 1 atom stereocenters. The fourth-order valence-corrected chi connectivity index (χ4v) is 3.64. The van der Waals surface area contributed by atoms with Crippen LogP contribution in [0, 0.1) is 17.6 Å². The van der Waals surface area contributed by atoms with Gasteiger partial charge in [-0.15, -0.1) is 10.2 Å². The average Bonchev–Trinajstić information content (AvgIpc) is 2.79. The topological polar surface area (TPSA) is 58.1 Å². The van der Waals surface area contributed by atoms with Gasteiger partial charge >= 0.3 is 0 Å². The van der Waals surface area contributed by atoms with Crippen LogP contribution in [0.5, 0.6) is 0 Å². The first-order valence-electron chi connectivity index (χ1n) is 9.96. The quantitative estimate of drug-likeness (QED) is 0.695. The Morgan fingerprint density at radius 2 is 1.83 bits per heavy atom. The van der Waals surface area contributed by atoms with Crippen molar-refractivity contribution >= 4 is 11.7 Å². The minimum Gasteiger partial charge on any atom is -0.354 e. The summed E-state index contributed by atoms with van der Waals surface area (Å²) in [5.74, 6) is -0.189. The molecule has 154 valence electrons. The van der Waals surface area contributed by atoms with E-state index in [4.69, 9.17) is 0 Å². The van der Waals surface area contributed by atoms with Crippen molar-refractivity contribution in [2.75, 3.05) is 18.0 Å². The zero-order chi connectivity index (χ0) is 20.9. The molecule has 1 aliphatic rings. The number of aromatic nitrogens is 2. The standard InChI is InChI=1S/C23H22F2N4O/c24-19-9-7-16(8-10-19)21-11-12-22(28-27-21)29-13-3-5-18(15-29)23(30)26-14-17-4-1-2-6-20(17)25/h1-2,4,6-12,18H,3,5,13-15H2,(H,26,30). The number of benzene rings is 2. The Morgan fingerprint density at radius 1 is 1.03 bits per heavy atom. The highest BCUT2D eigenvalue weighted by atomic mass is 19.1. The van der Waals surface area contributed by atoms with Gasteiger partial charge < -0.3 is 10.2 Å². The molecule has 0 spiro atoms. The number of nitrogens with one attached hydrogen (secondary N) is 1. The molecule has 0 saturated carbocycles. The van der Waals surface area contributed by atoms with E-state index in [0.717, 1.165) is 24.9 Å². The van der Waals surface area contributed by atoms with E-state index < -0.39 is 0 Å². The maximum absolute atomic E-state index is 13.7. The highest BCUT2D eigenvalue weighted by Crippen LogP contribution is 2.24. The fourth-order valence-electron chi connectivity index (χ4n) is 3.64. The summed E-state index contributed by atoms with van der Waals surface area (Å²) in [6.45, 7) is 1.50. The van der Waals surface area contributed by atoms with Crippen LogP contribution >= 0.6 is 0 Å². The summed E-state index contributed by atoms with van der Waals surface area (Å²) < 4.78 is 26.8. The smallest absolute Gasteiger partial charge is 0.225 e. The molecule has 5 nitrogen and oxygen atoms in total. The van der Waals surface area contributed by atoms with Gasteiger partial charge in [0.1, 0.15) is 11.6 Å². The van der Waals surface area contributed by atoms with E-state index in [1.54, 1.807) is 30.3 Å². The third-order valence-electron chi connectivity index (χ3n) is 5.32. The molecule has 0 radical (unpaired) electrons. The van der Waals surface area contributed by atoms with Crippen molar-refractivity contribution in [3.8, 4) is 11.3 Å². The molecule has 4 rings (SSSR count). The largest absolute Gasteiger partial charge is 0.354 e. The molecule has 1 saturated heterocycles. The Hall–Kier alpha value is -3.35. The van der Waals surface area contributed by atoms with Gasteiger partial charge in [-0.2, -0.15) is 0 Å². The van der Waals surface area contributed by atoms with Gasteiger partial charge in [-0.25, -0.2) is 8.78 Å². The molecule has 1 aromatic heterocycles. The van der Waals surface area contributed by atoms with E-state index in [2.05, 4.69) is 15.5 Å². The van der Waals surface area contributed by atoms with E-state index in [9.17, 15) is 13.6 Å². The summed E-state index contributed by atoms with van der Waals surface area (Å²) in [5, 5.41) is 11.4. The number of hydrogen-bond donors (Lipinski definition) is 1. The summed E-state index contributed by atoms with van der Waals surface area (Å²) in [7, 11) is 0. The van der Waals surface area contributed by atoms with Gasteiger partial charge in [0.05, 0.1) is 11.6 Å². The number of nitrogens with zero attached hydrogens (tertiary/aromatic N) is 3. The summed E-state index contributed by atoms with van der Waals surface area (Å²) in [6.07, 6.45) is 1.64. The maximum Gasteiger partial charge on any atom is 0.225 e. The van der Waals surface area contributed by atoms with Crippen LogP contribution in [0.1, 0.15) is 18.4 Å². The molecular weight excluding hydrogens is 386 g/mol. The summed E-state index contributed by atoms with van der Waals surface area (Å²) in [4.78, 5) is 14.6. The Morgan fingerprint density at radius 3 is 2.57 bits per heavy atom. The van der Waals surface area contributed by atoms with Crippen LogP contribution < -0.4 is 10.2 Å². The highest BCUT2D eigenvalue weighted by Gasteiger charge is 2.26. The second kappa shape index (κ2) is 8.98. The van der Waals surface area contributed by atoms with Crippen molar-refractivity contribution in [2.45, 2.75) is 19.4 Å². The molecular formula is C23H22F2N4O. The maximum atomic E-state index is 13.7. The first kappa shape index (κ1) is 19.9. The number of hydrogen-bond acceptors (Lipinski definition) is 4. The zero-order valence-corrected chi connectivity index (χ0v) is 16.4. The van der Waals surface area contributed by atoms with Crippen LogP contribution in [0.25, 0.3) is 11.3 Å². The molecule has 1 unspecified atom stereocenters. The second-order valence-electron chi connectivity index (χ2n) is 7.38. The normalized spacial score (nSPS) is 16.3. The Bertz CT molecular complexity index is 1010. The van der Waals surface area contributed by atoms with Gasteiger partial charge in [-0.3, -0.25) is 4.79 Å². The van der Waals surface area contributed by atoms with Crippen molar-refractivity contribution < 1.29 is 13.6 Å². The van der Waals surface area contributed by atoms with Gasteiger partial charge in [-0.05, 0) is 55.3 Å². The van der Waals surface area contributed by atoms with Crippen molar-refractivity contribution in [3.63, 3.8) is 0 Å². The molecule has 2 aromatic carbocycles. The number of anilines is 1. The van der Waals surface area contributed by atoms with Crippen LogP contribution in [-0.2, 0) is 11.3 Å². The van der Waals surface area contributed by atoms with Crippen LogP contribution in [0.15, 0.2) is 60.7 Å². The average molecular weight is 408 g/mol. The van der Waals surface area contributed by atoms with E-state index in [1.165, 1.54) is 18.2 Å². The Balaban J connectivity index is 1.38. The lowest BCUT2D eigenvalue weighted by molar-refractivity contribution is -0.125. The number of piperidine rings is 1. The van der Waals surface area contributed by atoms with Crippen molar-refractivity contribution in [2.24, 2.45) is 5.92 Å². The minimum atomic E-state index is -0.320. The zero-order valence-electron chi connectivity index (χ0n) is 16.4. The van der Waals surface area contributed by atoms with E-state index in [1.807, 2.05) is 17.0 Å². The predicted octanol–water partition coefficient (Wildman–Crippen LogP) is 3.95. The lowest BCUT2D eigenvalue weighted by atomic mass is 9.97. The number of amides is 1. The molecule has 1 N–H and O–H groups in total. The van der Waals surface area contributed by atoms with E-state index in [-0.39, 0.29) is 30.0 Å². The van der Waals surface area contributed by atoms with Gasteiger partial charge in [0.2, 0.25) is 5.91 Å². The van der Waals surface area contributed by atoms with Crippen LogP contribution in [0.2, 0.25) is 0 Å². The SMILES string of the molecule is O=C(NCc1ccccc1F)C1CCCN(c2ccc(-c3ccc(F)cc3)nn2)C1. The Labute approximate surface area is 173 Å². The molecule has 0 aliphatic carbocycles. The minimum absolute atomic E-state index is 0.0844. The molecule has 3 aromatic rings. The lowest BCUT2D eigenvalue weighted by Crippen LogP contribution is -2.43. The monoisotopic (exact) mass is 408 g/mol. The van der Waals surface area contributed by atoms with Gasteiger partial charge in [0.15, 0.2) is 5.82 Å². The molecule has 30 heavy (non-hydrogen) atoms. The van der Waals surface area contributed by atoms with E-state index >= 15 is 0 Å². The molecule has 7 heteroatoms. The number of halogens is 2.